The molecule has 0 N–H and O–H groups in total. The summed E-state index contributed by atoms with van der Waals surface area (Å²) >= 11 is 6.13. The number of allylic oxidation sites excluding steroid dienone is 1. The molecule has 2 unspecified atom stereocenters. The first-order valence-electron chi connectivity index (χ1n) is 11.8. The summed E-state index contributed by atoms with van der Waals surface area (Å²) < 4.78 is 6.18. The van der Waals surface area contributed by atoms with E-state index in [1.807, 2.05) is 24.3 Å². The van der Waals surface area contributed by atoms with E-state index in [2.05, 4.69) is 29.6 Å². The van der Waals surface area contributed by atoms with Gasteiger partial charge in [0.1, 0.15) is 5.75 Å². The van der Waals surface area contributed by atoms with E-state index in [1.165, 1.54) is 5.56 Å². The van der Waals surface area contributed by atoms with Gasteiger partial charge in [0.15, 0.2) is 0 Å². The third-order valence-corrected chi connectivity index (χ3v) is 6.62. The van der Waals surface area contributed by atoms with Crippen molar-refractivity contribution in [2.45, 2.75) is 45.4 Å². The van der Waals surface area contributed by atoms with Crippen molar-refractivity contribution in [1.82, 2.24) is 0 Å². The Morgan fingerprint density at radius 1 is 1.33 bits per heavy atom. The fraction of sp³-hybridized carbons (Fsp3) is 0.444. The van der Waals surface area contributed by atoms with Crippen molar-refractivity contribution < 1.29 is 9.53 Å². The van der Waals surface area contributed by atoms with Gasteiger partial charge in [0, 0.05) is 34.8 Å². The monoisotopic (exact) mass is 468 g/mol. The number of carbonyl (C=O) groups is 1. The molecule has 0 aromatic heterocycles. The highest BCUT2D eigenvalue weighted by atomic mass is 35.5. The van der Waals surface area contributed by atoms with Crippen LogP contribution in [0.1, 0.15) is 54.9 Å². The molecule has 0 spiro atoms. The molecule has 1 aliphatic rings. The van der Waals surface area contributed by atoms with Crippen molar-refractivity contribution in [2.75, 3.05) is 24.6 Å². The number of hydrogen-bond acceptors (Lipinski definition) is 4. The maximum Gasteiger partial charge on any atom is 0.316 e. The minimum atomic E-state index is -0.751. The normalized spacial score (nSPS) is 16.3. The molecule has 2 aromatic carbocycles. The van der Waals surface area contributed by atoms with Crippen LogP contribution in [0.25, 0.3) is 0 Å². The molecular formula is C27H33ClN2O3. The molecule has 3 rings (SSSR count). The third kappa shape index (κ3) is 7.16. The van der Waals surface area contributed by atoms with E-state index in [1.54, 1.807) is 18.2 Å². The van der Waals surface area contributed by atoms with Crippen molar-refractivity contribution >= 4 is 23.2 Å². The minimum absolute atomic E-state index is 0.302. The largest absolute Gasteiger partial charge is 0.491 e. The van der Waals surface area contributed by atoms with Crippen LogP contribution < -0.4 is 9.64 Å². The number of hydrogen-bond donors (Lipinski definition) is 0. The quantitative estimate of drug-likeness (QED) is 0.261. The fourth-order valence-electron chi connectivity index (χ4n) is 4.47. The molecule has 6 heteroatoms. The molecule has 0 saturated heterocycles. The van der Waals surface area contributed by atoms with Crippen LogP contribution in [0.15, 0.2) is 60.3 Å². The number of halogens is 1. The van der Waals surface area contributed by atoms with E-state index in [0.717, 1.165) is 68.1 Å². The topological polar surface area (TPSA) is 59.0 Å². The lowest BCUT2D eigenvalue weighted by Gasteiger charge is -2.30. The zero-order valence-corrected chi connectivity index (χ0v) is 20.1. The van der Waals surface area contributed by atoms with Crippen molar-refractivity contribution in [1.29, 1.82) is 0 Å². The maximum absolute atomic E-state index is 11.9. The third-order valence-electron chi connectivity index (χ3n) is 6.38. The van der Waals surface area contributed by atoms with Gasteiger partial charge < -0.3 is 9.64 Å². The average molecular weight is 469 g/mol. The summed E-state index contributed by atoms with van der Waals surface area (Å²) in [5.41, 5.74) is 2.42. The van der Waals surface area contributed by atoms with Crippen LogP contribution in [-0.4, -0.2) is 25.6 Å². The van der Waals surface area contributed by atoms with Gasteiger partial charge in [0.25, 0.3) is 0 Å². The Morgan fingerprint density at radius 3 is 2.91 bits per heavy atom. The van der Waals surface area contributed by atoms with Crippen LogP contribution in [0.4, 0.5) is 5.69 Å². The lowest BCUT2D eigenvalue weighted by atomic mass is 9.96. The Bertz CT molecular complexity index is 962. The molecule has 0 fully saturated rings. The second-order valence-corrected chi connectivity index (χ2v) is 9.26. The molecule has 2 atom stereocenters. The van der Waals surface area contributed by atoms with Gasteiger partial charge in [-0.05, 0) is 73.9 Å². The van der Waals surface area contributed by atoms with E-state index < -0.39 is 5.91 Å². The zero-order valence-electron chi connectivity index (χ0n) is 19.3. The van der Waals surface area contributed by atoms with Crippen LogP contribution in [0, 0.1) is 16.7 Å². The number of nitrogens with zero attached hydrogens (tertiary/aromatic N) is 2. The van der Waals surface area contributed by atoms with E-state index in [4.69, 9.17) is 16.3 Å². The van der Waals surface area contributed by atoms with Gasteiger partial charge in [-0.25, -0.2) is 0 Å². The number of amides is 1. The molecule has 5 nitrogen and oxygen atoms in total. The summed E-state index contributed by atoms with van der Waals surface area (Å²) in [6.07, 6.45) is 8.13. The Hall–Kier alpha value is -2.66. The summed E-state index contributed by atoms with van der Waals surface area (Å²) in [4.78, 5) is 25.1. The van der Waals surface area contributed by atoms with Gasteiger partial charge >= 0.3 is 5.91 Å². The lowest BCUT2D eigenvalue weighted by molar-refractivity contribution is 0.100. The molecule has 2 aromatic rings. The van der Waals surface area contributed by atoms with Crippen LogP contribution in [0.3, 0.4) is 0 Å². The Morgan fingerprint density at radius 2 is 2.18 bits per heavy atom. The second-order valence-electron chi connectivity index (χ2n) is 8.82. The number of aryl methyl sites for hydroxylation is 1. The number of ether oxygens (including phenoxy) is 1. The van der Waals surface area contributed by atoms with Gasteiger partial charge in [-0.2, -0.15) is 0 Å². The number of carbonyl (C=O) groups excluding carboxylic acids is 1. The number of anilines is 1. The van der Waals surface area contributed by atoms with E-state index in [-0.39, 0.29) is 0 Å². The summed E-state index contributed by atoms with van der Waals surface area (Å²) in [5.74, 6) is 0.869. The molecule has 1 amide bonds. The maximum atomic E-state index is 11.9. The molecule has 0 radical (unpaired) electrons. The summed E-state index contributed by atoms with van der Waals surface area (Å²) in [7, 11) is 0. The van der Waals surface area contributed by atoms with Crippen molar-refractivity contribution in [3.8, 4) is 5.75 Å². The molecule has 1 aliphatic heterocycles. The SMILES string of the molecule is C=CCCC(CC)CN1CC(CCCc2cccc(Cl)c2)COc2ccc(C(=O)N=O)cc21. The second kappa shape index (κ2) is 12.5. The molecule has 176 valence electrons. The van der Waals surface area contributed by atoms with Gasteiger partial charge in [-0.3, -0.25) is 4.79 Å². The van der Waals surface area contributed by atoms with Gasteiger partial charge in [0.05, 0.1) is 12.3 Å². The molecule has 0 aliphatic carbocycles. The molecule has 1 heterocycles. The highest BCUT2D eigenvalue weighted by Crippen LogP contribution is 2.35. The molecule has 0 bridgehead atoms. The van der Waals surface area contributed by atoms with Crippen molar-refractivity contribution in [2.24, 2.45) is 17.0 Å². The Kier molecular flexibility index (Phi) is 9.49. The van der Waals surface area contributed by atoms with Crippen LogP contribution in [0.2, 0.25) is 5.02 Å². The smallest absolute Gasteiger partial charge is 0.316 e. The molecular weight excluding hydrogens is 436 g/mol. The average Bonchev–Trinajstić information content (AvgIpc) is 3.00. The summed E-state index contributed by atoms with van der Waals surface area (Å²) in [6, 6.07) is 13.2. The van der Waals surface area contributed by atoms with Gasteiger partial charge in [-0.1, -0.05) is 43.2 Å². The first-order chi connectivity index (χ1) is 16.0. The van der Waals surface area contributed by atoms with Gasteiger partial charge in [0.2, 0.25) is 0 Å². The van der Waals surface area contributed by atoms with Gasteiger partial charge in [-0.15, -0.1) is 11.5 Å². The standard InChI is InChI=1S/C27H33ClN2O3/c1-3-5-8-20(4-2)17-30-18-22(11-6-9-21-10-7-12-24(28)15-21)19-33-26-14-13-23(16-25(26)30)27(31)29-32/h3,7,10,12-16,20,22H,1,4-6,8-9,11,17-19H2,2H3. The first-order valence-corrected chi connectivity index (χ1v) is 12.2. The first kappa shape index (κ1) is 25.0. The van der Waals surface area contributed by atoms with E-state index in [9.17, 15) is 9.70 Å². The lowest BCUT2D eigenvalue weighted by Crippen LogP contribution is -2.34. The van der Waals surface area contributed by atoms with Crippen molar-refractivity contribution in [3.63, 3.8) is 0 Å². The Balaban J connectivity index is 1.76. The predicted octanol–water partition coefficient (Wildman–Crippen LogP) is 7.08. The fourth-order valence-corrected chi connectivity index (χ4v) is 4.68. The molecule has 0 saturated carbocycles. The van der Waals surface area contributed by atoms with Crippen LogP contribution in [0.5, 0.6) is 5.75 Å². The van der Waals surface area contributed by atoms with Crippen LogP contribution >= 0.6 is 11.6 Å². The highest BCUT2D eigenvalue weighted by molar-refractivity contribution is 6.30. The number of nitroso groups, excluding NO2 is 1. The summed E-state index contributed by atoms with van der Waals surface area (Å²) in [6.45, 7) is 8.42. The highest BCUT2D eigenvalue weighted by Gasteiger charge is 2.26. The number of fused-ring (bicyclic) bond motifs is 1. The summed E-state index contributed by atoms with van der Waals surface area (Å²) in [5, 5.41) is 3.37. The van der Waals surface area contributed by atoms with E-state index >= 15 is 0 Å². The van der Waals surface area contributed by atoms with Crippen LogP contribution in [-0.2, 0) is 6.42 Å². The van der Waals surface area contributed by atoms with Crippen molar-refractivity contribution in [3.05, 3.63) is 76.2 Å². The number of benzene rings is 2. The van der Waals surface area contributed by atoms with E-state index in [0.29, 0.717) is 24.0 Å². The zero-order chi connectivity index (χ0) is 23.6. The molecule has 33 heavy (non-hydrogen) atoms. The number of rotatable bonds is 11. The minimum Gasteiger partial charge on any atom is -0.491 e. The predicted molar refractivity (Wildman–Crippen MR) is 135 cm³/mol. The Labute approximate surface area is 201 Å².